The lowest BCUT2D eigenvalue weighted by molar-refractivity contribution is -0.384. The molecule has 3 rings (SSSR count). The van der Waals surface area contributed by atoms with E-state index in [1.807, 2.05) is 16.8 Å². The lowest BCUT2D eigenvalue weighted by atomic mass is 9.99. The van der Waals surface area contributed by atoms with Crippen LogP contribution < -0.4 is 5.32 Å². The predicted octanol–water partition coefficient (Wildman–Crippen LogP) is 3.52. The number of fused-ring (bicyclic) bond motifs is 1. The van der Waals surface area contributed by atoms with Crippen LogP contribution in [0.3, 0.4) is 0 Å². The molecule has 0 amide bonds. The van der Waals surface area contributed by atoms with Crippen molar-refractivity contribution in [3.05, 3.63) is 62.8 Å². The molecule has 0 fully saturated rings. The van der Waals surface area contributed by atoms with Crippen molar-refractivity contribution >= 4 is 33.7 Å². The maximum atomic E-state index is 10.8. The number of aromatic nitrogens is 1. The molecule has 0 aliphatic rings. The number of nitro groups is 1. The van der Waals surface area contributed by atoms with Gasteiger partial charge in [-0.3, -0.25) is 10.1 Å². The largest absolute Gasteiger partial charge is 0.384 e. The number of nitrogens with one attached hydrogen (secondary N) is 1. The molecular formula is C16H15N3O3S. The highest BCUT2D eigenvalue weighted by atomic mass is 32.1. The molecular weight excluding hydrogens is 314 g/mol. The average molecular weight is 329 g/mol. The Balaban J connectivity index is 1.79. The van der Waals surface area contributed by atoms with Crippen molar-refractivity contribution in [3.63, 3.8) is 0 Å². The first-order chi connectivity index (χ1) is 11.0. The Morgan fingerprint density at radius 3 is 2.87 bits per heavy atom. The monoisotopic (exact) mass is 329 g/mol. The molecule has 0 saturated carbocycles. The lowest BCUT2D eigenvalue weighted by Crippen LogP contribution is -2.30. The Morgan fingerprint density at radius 1 is 1.35 bits per heavy atom. The van der Waals surface area contributed by atoms with E-state index in [9.17, 15) is 15.2 Å². The molecule has 0 aliphatic carbocycles. The molecule has 1 atom stereocenters. The van der Waals surface area contributed by atoms with E-state index in [1.54, 1.807) is 25.1 Å². The standard InChI is InChI=1S/C16H15N3O3S/c1-16(20,12-6-7-23-9-12)10-17-15-5-2-11-8-13(19(21)22)3-4-14(11)18-15/h2-9,20H,10H2,1H3,(H,17,18). The van der Waals surface area contributed by atoms with Crippen LogP contribution >= 0.6 is 11.3 Å². The molecule has 118 valence electrons. The topological polar surface area (TPSA) is 88.3 Å². The highest BCUT2D eigenvalue weighted by molar-refractivity contribution is 7.08. The highest BCUT2D eigenvalue weighted by Crippen LogP contribution is 2.25. The fourth-order valence-electron chi connectivity index (χ4n) is 2.26. The van der Waals surface area contributed by atoms with Crippen molar-refractivity contribution in [1.82, 2.24) is 4.98 Å². The number of aliphatic hydroxyl groups is 1. The van der Waals surface area contributed by atoms with E-state index in [0.29, 0.717) is 23.3 Å². The summed E-state index contributed by atoms with van der Waals surface area (Å²) in [5, 5.41) is 28.9. The molecule has 0 aliphatic heterocycles. The van der Waals surface area contributed by atoms with Gasteiger partial charge >= 0.3 is 0 Å². The number of nitrogens with zero attached hydrogens (tertiary/aromatic N) is 2. The average Bonchev–Trinajstić information content (AvgIpc) is 3.07. The molecule has 2 aromatic heterocycles. The summed E-state index contributed by atoms with van der Waals surface area (Å²) in [7, 11) is 0. The quantitative estimate of drug-likeness (QED) is 0.552. The minimum absolute atomic E-state index is 0.0420. The van der Waals surface area contributed by atoms with E-state index in [-0.39, 0.29) is 5.69 Å². The maximum Gasteiger partial charge on any atom is 0.270 e. The van der Waals surface area contributed by atoms with Gasteiger partial charge in [0.2, 0.25) is 0 Å². The predicted molar refractivity (Wildman–Crippen MR) is 90.8 cm³/mol. The Kier molecular flexibility index (Phi) is 3.97. The number of rotatable bonds is 5. The van der Waals surface area contributed by atoms with Gasteiger partial charge in [0.05, 0.1) is 10.4 Å². The van der Waals surface area contributed by atoms with E-state index < -0.39 is 10.5 Å². The van der Waals surface area contributed by atoms with Crippen LogP contribution in [0.5, 0.6) is 0 Å². The summed E-state index contributed by atoms with van der Waals surface area (Å²) >= 11 is 1.54. The summed E-state index contributed by atoms with van der Waals surface area (Å²) < 4.78 is 0. The molecule has 2 heterocycles. The highest BCUT2D eigenvalue weighted by Gasteiger charge is 2.23. The number of nitro benzene ring substituents is 1. The number of pyridine rings is 1. The van der Waals surface area contributed by atoms with Crippen LogP contribution in [0.1, 0.15) is 12.5 Å². The van der Waals surface area contributed by atoms with Crippen LogP contribution in [0, 0.1) is 10.1 Å². The number of hydrogen-bond acceptors (Lipinski definition) is 6. The Morgan fingerprint density at radius 2 is 2.17 bits per heavy atom. The van der Waals surface area contributed by atoms with Crippen molar-refractivity contribution in [2.45, 2.75) is 12.5 Å². The van der Waals surface area contributed by atoms with Crippen LogP contribution in [0.2, 0.25) is 0 Å². The lowest BCUT2D eigenvalue weighted by Gasteiger charge is -2.23. The molecule has 0 bridgehead atoms. The molecule has 1 unspecified atom stereocenters. The van der Waals surface area contributed by atoms with Gasteiger partial charge in [-0.15, -0.1) is 0 Å². The summed E-state index contributed by atoms with van der Waals surface area (Å²) in [5.41, 5.74) is 0.564. The van der Waals surface area contributed by atoms with Crippen LogP contribution in [-0.2, 0) is 5.60 Å². The second-order valence-corrected chi connectivity index (χ2v) is 6.25. The molecule has 6 nitrogen and oxygen atoms in total. The summed E-state index contributed by atoms with van der Waals surface area (Å²) in [6.45, 7) is 2.06. The normalized spacial score (nSPS) is 13.7. The first kappa shape index (κ1) is 15.4. The third-order valence-corrected chi connectivity index (χ3v) is 4.32. The first-order valence-electron chi connectivity index (χ1n) is 7.00. The molecule has 3 aromatic rings. The summed E-state index contributed by atoms with van der Waals surface area (Å²) in [6, 6.07) is 9.95. The van der Waals surface area contributed by atoms with Gasteiger partial charge < -0.3 is 10.4 Å². The second-order valence-electron chi connectivity index (χ2n) is 5.47. The van der Waals surface area contributed by atoms with Crippen LogP contribution in [0.4, 0.5) is 11.5 Å². The molecule has 1 aromatic carbocycles. The molecule has 0 saturated heterocycles. The van der Waals surface area contributed by atoms with Gasteiger partial charge in [-0.05, 0) is 47.5 Å². The van der Waals surface area contributed by atoms with E-state index in [4.69, 9.17) is 0 Å². The number of anilines is 1. The Hall–Kier alpha value is -2.51. The van der Waals surface area contributed by atoms with Gasteiger partial charge in [0.1, 0.15) is 11.4 Å². The smallest absolute Gasteiger partial charge is 0.270 e. The summed E-state index contributed by atoms with van der Waals surface area (Å²) in [5.74, 6) is 0.613. The van der Waals surface area contributed by atoms with E-state index in [2.05, 4.69) is 10.3 Å². The van der Waals surface area contributed by atoms with Crippen LogP contribution in [-0.4, -0.2) is 21.6 Å². The summed E-state index contributed by atoms with van der Waals surface area (Å²) in [4.78, 5) is 14.8. The van der Waals surface area contributed by atoms with Crippen molar-refractivity contribution in [1.29, 1.82) is 0 Å². The SMILES string of the molecule is CC(O)(CNc1ccc2cc([N+](=O)[O-])ccc2n1)c1ccsc1. The van der Waals surface area contributed by atoms with E-state index >= 15 is 0 Å². The van der Waals surface area contributed by atoms with Gasteiger partial charge in [0, 0.05) is 24.1 Å². The zero-order chi connectivity index (χ0) is 16.4. The van der Waals surface area contributed by atoms with E-state index in [0.717, 1.165) is 5.56 Å². The second kappa shape index (κ2) is 5.94. The van der Waals surface area contributed by atoms with Crippen LogP contribution in [0.25, 0.3) is 10.9 Å². The van der Waals surface area contributed by atoms with Crippen molar-refractivity contribution < 1.29 is 10.0 Å². The molecule has 0 radical (unpaired) electrons. The minimum atomic E-state index is -0.994. The molecule has 2 N–H and O–H groups in total. The maximum absolute atomic E-state index is 10.8. The Labute approximate surface area is 136 Å². The van der Waals surface area contributed by atoms with Gasteiger partial charge in [-0.2, -0.15) is 11.3 Å². The van der Waals surface area contributed by atoms with Gasteiger partial charge in [-0.25, -0.2) is 4.98 Å². The van der Waals surface area contributed by atoms with E-state index in [1.165, 1.54) is 23.5 Å². The minimum Gasteiger partial charge on any atom is -0.384 e. The fraction of sp³-hybridized carbons (Fsp3) is 0.188. The van der Waals surface area contributed by atoms with Crippen molar-refractivity contribution in [2.24, 2.45) is 0 Å². The van der Waals surface area contributed by atoms with Crippen molar-refractivity contribution in [2.75, 3.05) is 11.9 Å². The number of thiophene rings is 1. The molecule has 7 heteroatoms. The first-order valence-corrected chi connectivity index (χ1v) is 7.94. The zero-order valence-corrected chi connectivity index (χ0v) is 13.2. The number of non-ortho nitro benzene ring substituents is 1. The Bertz CT molecular complexity index is 847. The molecule has 23 heavy (non-hydrogen) atoms. The number of benzene rings is 1. The van der Waals surface area contributed by atoms with Crippen LogP contribution in [0.15, 0.2) is 47.2 Å². The molecule has 0 spiro atoms. The fourth-order valence-corrected chi connectivity index (χ4v) is 3.04. The van der Waals surface area contributed by atoms with Gasteiger partial charge in [0.15, 0.2) is 0 Å². The van der Waals surface area contributed by atoms with Gasteiger partial charge in [0.25, 0.3) is 5.69 Å². The third kappa shape index (κ3) is 3.30. The van der Waals surface area contributed by atoms with Gasteiger partial charge in [-0.1, -0.05) is 0 Å². The number of hydrogen-bond donors (Lipinski definition) is 2. The third-order valence-electron chi connectivity index (χ3n) is 3.64. The van der Waals surface area contributed by atoms with Crippen molar-refractivity contribution in [3.8, 4) is 0 Å². The summed E-state index contributed by atoms with van der Waals surface area (Å²) in [6.07, 6.45) is 0. The zero-order valence-electron chi connectivity index (χ0n) is 12.4.